The van der Waals surface area contributed by atoms with E-state index >= 15 is 0 Å². The van der Waals surface area contributed by atoms with Crippen LogP contribution in [0.2, 0.25) is 5.02 Å². The molecule has 1 aromatic heterocycles. The fraction of sp³-hybridized carbons (Fsp3) is 0.346. The molecule has 3 aromatic rings. The lowest BCUT2D eigenvalue weighted by Crippen LogP contribution is -2.36. The Kier molecular flexibility index (Phi) is 8.48. The molecule has 0 aliphatic carbocycles. The monoisotopic (exact) mass is 572 g/mol. The third kappa shape index (κ3) is 7.06. The van der Waals surface area contributed by atoms with Crippen LogP contribution in [0.1, 0.15) is 33.0 Å². The standard InChI is InChI=1S/C26H23ClF6N4O2/c1-36(14-16-10-17(25(28,29)30)12-18(11-16)26(31,32)33)24(38)23-20(19-4-2-3-5-21(19)27)13-34-22(35-23)15-37-6-8-39-9-7-37/h2-5,10-13H,6-9,14-15H2,1H3. The zero-order valence-electron chi connectivity index (χ0n) is 20.6. The molecule has 6 nitrogen and oxygen atoms in total. The Hall–Kier alpha value is -3.22. The Labute approximate surface area is 225 Å². The summed E-state index contributed by atoms with van der Waals surface area (Å²) in [6, 6.07) is 7.89. The molecule has 1 fully saturated rings. The van der Waals surface area contributed by atoms with Crippen molar-refractivity contribution < 1.29 is 35.9 Å². The number of ether oxygens (including phenoxy) is 1. The molecule has 1 aliphatic heterocycles. The minimum absolute atomic E-state index is 0.0448. The Balaban J connectivity index is 1.70. The van der Waals surface area contributed by atoms with Gasteiger partial charge in [0.1, 0.15) is 11.5 Å². The molecule has 0 spiro atoms. The van der Waals surface area contributed by atoms with E-state index in [1.165, 1.54) is 13.2 Å². The van der Waals surface area contributed by atoms with Gasteiger partial charge in [-0.05, 0) is 29.8 Å². The van der Waals surface area contributed by atoms with Crippen molar-refractivity contribution in [1.29, 1.82) is 0 Å². The van der Waals surface area contributed by atoms with Crippen LogP contribution in [-0.2, 0) is 30.2 Å². The lowest BCUT2D eigenvalue weighted by molar-refractivity contribution is -0.143. The van der Waals surface area contributed by atoms with Crippen LogP contribution in [0, 0.1) is 0 Å². The molecule has 1 saturated heterocycles. The van der Waals surface area contributed by atoms with Gasteiger partial charge in [0.05, 0.1) is 30.9 Å². The zero-order chi connectivity index (χ0) is 28.4. The van der Waals surface area contributed by atoms with Crippen LogP contribution in [0.3, 0.4) is 0 Å². The molecule has 0 bridgehead atoms. The van der Waals surface area contributed by atoms with E-state index in [4.69, 9.17) is 16.3 Å². The Morgan fingerprint density at radius 1 is 1.00 bits per heavy atom. The van der Waals surface area contributed by atoms with Crippen LogP contribution in [-0.4, -0.2) is 59.0 Å². The first kappa shape index (κ1) is 28.8. The summed E-state index contributed by atoms with van der Waals surface area (Å²) in [5.41, 5.74) is -2.60. The van der Waals surface area contributed by atoms with Gasteiger partial charge in [0.2, 0.25) is 0 Å². The molecule has 208 valence electrons. The summed E-state index contributed by atoms with van der Waals surface area (Å²) in [6.07, 6.45) is -8.56. The number of hydrogen-bond acceptors (Lipinski definition) is 5. The lowest BCUT2D eigenvalue weighted by Gasteiger charge is -2.26. The smallest absolute Gasteiger partial charge is 0.379 e. The highest BCUT2D eigenvalue weighted by Gasteiger charge is 2.37. The average Bonchev–Trinajstić information content (AvgIpc) is 2.88. The highest BCUT2D eigenvalue weighted by Crippen LogP contribution is 2.37. The van der Waals surface area contributed by atoms with Gasteiger partial charge in [-0.3, -0.25) is 9.69 Å². The number of alkyl halides is 6. The molecule has 39 heavy (non-hydrogen) atoms. The van der Waals surface area contributed by atoms with E-state index in [0.717, 1.165) is 4.90 Å². The number of hydrogen-bond donors (Lipinski definition) is 0. The maximum Gasteiger partial charge on any atom is 0.416 e. The summed E-state index contributed by atoms with van der Waals surface area (Å²) in [7, 11) is 1.27. The number of rotatable bonds is 6. The fourth-order valence-corrected chi connectivity index (χ4v) is 4.37. The molecule has 1 amide bonds. The molecule has 0 N–H and O–H groups in total. The summed E-state index contributed by atoms with van der Waals surface area (Å²) in [5.74, 6) is -0.399. The molecule has 2 heterocycles. The molecule has 0 atom stereocenters. The van der Waals surface area contributed by atoms with E-state index < -0.39 is 35.9 Å². The van der Waals surface area contributed by atoms with Crippen LogP contribution in [0.4, 0.5) is 26.3 Å². The summed E-state index contributed by atoms with van der Waals surface area (Å²) < 4.78 is 85.3. The second-order valence-electron chi connectivity index (χ2n) is 8.99. The van der Waals surface area contributed by atoms with Crippen molar-refractivity contribution in [1.82, 2.24) is 19.8 Å². The Morgan fingerprint density at radius 2 is 1.62 bits per heavy atom. The van der Waals surface area contributed by atoms with Crippen LogP contribution in [0.25, 0.3) is 11.1 Å². The third-order valence-electron chi connectivity index (χ3n) is 6.09. The quantitative estimate of drug-likeness (QED) is 0.342. The van der Waals surface area contributed by atoms with E-state index in [9.17, 15) is 31.1 Å². The minimum atomic E-state index is -5.00. The van der Waals surface area contributed by atoms with Gasteiger partial charge in [0.25, 0.3) is 5.91 Å². The van der Waals surface area contributed by atoms with Crippen LogP contribution in [0.5, 0.6) is 0 Å². The average molecular weight is 573 g/mol. The first-order valence-electron chi connectivity index (χ1n) is 11.8. The van der Waals surface area contributed by atoms with Gasteiger partial charge in [0, 0.05) is 49.0 Å². The van der Waals surface area contributed by atoms with Crippen LogP contribution in [0.15, 0.2) is 48.7 Å². The largest absolute Gasteiger partial charge is 0.416 e. The molecular weight excluding hydrogens is 550 g/mol. The highest BCUT2D eigenvalue weighted by atomic mass is 35.5. The molecular formula is C26H23ClF6N4O2. The van der Waals surface area contributed by atoms with Gasteiger partial charge < -0.3 is 9.64 Å². The molecule has 0 radical (unpaired) electrons. The van der Waals surface area contributed by atoms with Crippen molar-refractivity contribution in [2.75, 3.05) is 33.4 Å². The number of morpholine rings is 1. The maximum absolute atomic E-state index is 13.6. The second kappa shape index (κ2) is 11.5. The molecule has 0 unspecified atom stereocenters. The van der Waals surface area contributed by atoms with Gasteiger partial charge in [-0.1, -0.05) is 29.8 Å². The normalized spacial score (nSPS) is 14.9. The molecule has 1 aliphatic rings. The Morgan fingerprint density at radius 3 is 2.21 bits per heavy atom. The summed E-state index contributed by atoms with van der Waals surface area (Å²) >= 11 is 6.34. The fourth-order valence-electron chi connectivity index (χ4n) is 4.13. The van der Waals surface area contributed by atoms with E-state index in [-0.39, 0.29) is 22.9 Å². The van der Waals surface area contributed by atoms with E-state index in [2.05, 4.69) is 9.97 Å². The maximum atomic E-state index is 13.6. The summed E-state index contributed by atoms with van der Waals surface area (Å²) in [6.45, 7) is 2.12. The van der Waals surface area contributed by atoms with Crippen LogP contribution < -0.4 is 0 Å². The molecule has 13 heteroatoms. The van der Waals surface area contributed by atoms with Crippen molar-refractivity contribution in [2.45, 2.75) is 25.4 Å². The number of halogens is 7. The van der Waals surface area contributed by atoms with Gasteiger partial charge in [0.15, 0.2) is 0 Å². The topological polar surface area (TPSA) is 58.6 Å². The first-order chi connectivity index (χ1) is 18.3. The minimum Gasteiger partial charge on any atom is -0.379 e. The summed E-state index contributed by atoms with van der Waals surface area (Å²) in [5, 5.41) is 0.312. The first-order valence-corrected chi connectivity index (χ1v) is 12.2. The van der Waals surface area contributed by atoms with Crippen molar-refractivity contribution in [3.8, 4) is 11.1 Å². The number of aromatic nitrogens is 2. The predicted molar refractivity (Wildman–Crippen MR) is 131 cm³/mol. The number of nitrogens with zero attached hydrogens (tertiary/aromatic N) is 4. The van der Waals surface area contributed by atoms with Crippen molar-refractivity contribution in [3.63, 3.8) is 0 Å². The molecule has 2 aromatic carbocycles. The number of carbonyl (C=O) groups excluding carboxylic acids is 1. The predicted octanol–water partition coefficient (Wildman–Crippen LogP) is 5.94. The van der Waals surface area contributed by atoms with Crippen molar-refractivity contribution >= 4 is 17.5 Å². The third-order valence-corrected chi connectivity index (χ3v) is 6.42. The van der Waals surface area contributed by atoms with Gasteiger partial charge in [-0.15, -0.1) is 0 Å². The van der Waals surface area contributed by atoms with Crippen molar-refractivity contribution in [3.05, 3.63) is 81.9 Å². The summed E-state index contributed by atoms with van der Waals surface area (Å²) in [4.78, 5) is 25.5. The number of carbonyl (C=O) groups is 1. The van der Waals surface area contributed by atoms with E-state index in [1.807, 2.05) is 4.90 Å². The lowest BCUT2D eigenvalue weighted by atomic mass is 10.0. The van der Waals surface area contributed by atoms with E-state index in [1.54, 1.807) is 24.3 Å². The van der Waals surface area contributed by atoms with Crippen molar-refractivity contribution in [2.24, 2.45) is 0 Å². The molecule has 4 rings (SSSR count). The highest BCUT2D eigenvalue weighted by molar-refractivity contribution is 6.33. The molecule has 0 saturated carbocycles. The van der Waals surface area contributed by atoms with Gasteiger partial charge >= 0.3 is 12.4 Å². The zero-order valence-corrected chi connectivity index (χ0v) is 21.4. The van der Waals surface area contributed by atoms with E-state index in [0.29, 0.717) is 61.4 Å². The SMILES string of the molecule is CN(Cc1cc(C(F)(F)F)cc(C(F)(F)F)c1)C(=O)c1nc(CN2CCOCC2)ncc1-c1ccccc1Cl. The second-order valence-corrected chi connectivity index (χ2v) is 9.40. The van der Waals surface area contributed by atoms with Gasteiger partial charge in [-0.2, -0.15) is 26.3 Å². The van der Waals surface area contributed by atoms with Gasteiger partial charge in [-0.25, -0.2) is 9.97 Å². The Bertz CT molecular complexity index is 1310. The number of benzene rings is 2. The van der Waals surface area contributed by atoms with Crippen LogP contribution >= 0.6 is 11.6 Å². The number of amides is 1.